The van der Waals surface area contributed by atoms with E-state index >= 15 is 0 Å². The molecular weight excluding hydrogens is 286 g/mol. The van der Waals surface area contributed by atoms with Gasteiger partial charge >= 0.3 is 20.4 Å². The summed E-state index contributed by atoms with van der Waals surface area (Å²) in [7, 11) is 0. The van der Waals surface area contributed by atoms with Crippen LogP contribution in [0.2, 0.25) is 0 Å². The van der Waals surface area contributed by atoms with E-state index in [0.717, 1.165) is 0 Å². The molecule has 0 atom stereocenters. The molecule has 12 nitrogen and oxygen atoms in total. The van der Waals surface area contributed by atoms with E-state index in [2.05, 4.69) is 0 Å². The smallest absolute Gasteiger partial charge is 0.356 e. The molecule has 0 saturated carbocycles. The van der Waals surface area contributed by atoms with Crippen LogP contribution in [0.4, 0.5) is 0 Å². The molecule has 0 aliphatic carbocycles. The first-order valence-corrected chi connectivity index (χ1v) is 1.10. The summed E-state index contributed by atoms with van der Waals surface area (Å²) in [4.78, 5) is 16.5. The fourth-order valence-electron chi connectivity index (χ4n) is 0. The second kappa shape index (κ2) is 44.5. The van der Waals surface area contributed by atoms with Crippen LogP contribution in [0.15, 0.2) is 0 Å². The van der Waals surface area contributed by atoms with Crippen LogP contribution in [0, 0.1) is 30.6 Å². The van der Waals surface area contributed by atoms with Crippen molar-refractivity contribution in [3.8, 4) is 0 Å². The number of rotatable bonds is 0. The topological polar surface area (TPSA) is 254 Å². The van der Waals surface area contributed by atoms with E-state index in [1.54, 1.807) is 0 Å². The average molecular weight is 286 g/mol. The van der Waals surface area contributed by atoms with Gasteiger partial charge in [0.1, 0.15) is 0 Å². The summed E-state index contributed by atoms with van der Waals surface area (Å²) in [5, 5.41) is 29.5. The summed E-state index contributed by atoms with van der Waals surface area (Å²) >= 11 is 0. The average Bonchev–Trinajstić information content (AvgIpc) is 1.25. The monoisotopic (exact) mass is 286 g/mol. The Hall–Kier alpha value is -1.10. The van der Waals surface area contributed by atoms with Crippen molar-refractivity contribution in [3.05, 3.63) is 30.6 Å². The predicted octanol–water partition coefficient (Wildman–Crippen LogP) is -2.40. The Morgan fingerprint density at radius 3 is 0.615 bits per heavy atom. The minimum absolute atomic E-state index is 0. The molecule has 0 amide bonds. The number of hydrogen-bond acceptors (Lipinski definition) is 6. The second-order valence-corrected chi connectivity index (χ2v) is 0.447. The van der Waals surface area contributed by atoms with Gasteiger partial charge in [-0.2, -0.15) is 0 Å². The van der Waals surface area contributed by atoms with Gasteiger partial charge in [0.25, 0.3) is 0 Å². The van der Waals surface area contributed by atoms with Crippen molar-refractivity contribution in [3.63, 3.8) is 0 Å². The number of hydrogen-bond donors (Lipinski definition) is 0. The fourth-order valence-corrected chi connectivity index (χ4v) is 0. The van der Waals surface area contributed by atoms with Gasteiger partial charge in [0.2, 0.25) is 0 Å². The van der Waals surface area contributed by atoms with E-state index in [4.69, 9.17) is 30.6 Å². The Balaban J connectivity index is -0.00000000800. The standard InChI is InChI=1S/2NO3.4N.Pd/c2*2-1(3)4;;;;;/q2*-1;;;;;+2. The first-order chi connectivity index (χ1) is 3.46. The summed E-state index contributed by atoms with van der Waals surface area (Å²) in [6, 6.07) is 0. The van der Waals surface area contributed by atoms with Gasteiger partial charge in [-0.05, 0) is 0 Å². The Morgan fingerprint density at radius 1 is 0.615 bits per heavy atom. The summed E-state index contributed by atoms with van der Waals surface area (Å²) in [6.45, 7) is 0. The molecule has 0 bridgehead atoms. The van der Waals surface area contributed by atoms with Crippen LogP contribution in [0.5, 0.6) is 0 Å². The third kappa shape index (κ3) is 717. The zero-order valence-electron chi connectivity index (χ0n) is 5.45. The summed E-state index contributed by atoms with van der Waals surface area (Å²) < 4.78 is 0. The maximum Gasteiger partial charge on any atom is 2.00 e. The quantitative estimate of drug-likeness (QED) is 0.266. The van der Waals surface area contributed by atoms with E-state index in [0.29, 0.717) is 0 Å². The molecule has 0 aromatic rings. The van der Waals surface area contributed by atoms with Gasteiger partial charge in [-0.1, -0.05) is 0 Å². The molecule has 0 aliphatic heterocycles. The molecule has 0 aromatic heterocycles. The first-order valence-electron chi connectivity index (χ1n) is 1.10. The van der Waals surface area contributed by atoms with Crippen molar-refractivity contribution < 1.29 is 30.6 Å². The molecule has 0 unspecified atom stereocenters. The van der Waals surface area contributed by atoms with E-state index in [-0.39, 0.29) is 45.0 Å². The van der Waals surface area contributed by atoms with Gasteiger partial charge in [-0.25, -0.2) is 0 Å². The predicted molar refractivity (Wildman–Crippen MR) is 29.3 cm³/mol. The zero-order valence-corrected chi connectivity index (χ0v) is 7.00. The Morgan fingerprint density at radius 2 is 0.615 bits per heavy atom. The largest absolute Gasteiger partial charge is 2.00 e. The Labute approximate surface area is 86.5 Å². The molecule has 13 heteroatoms. The van der Waals surface area contributed by atoms with Gasteiger partial charge in [-0.15, -0.1) is 0 Å². The Bertz CT molecular complexity index is 75.1. The molecule has 0 fully saturated rings. The molecule has 0 saturated heterocycles. The second-order valence-electron chi connectivity index (χ2n) is 0.447. The maximum absolute atomic E-state index is 8.25. The number of nitrogens with zero attached hydrogens (tertiary/aromatic N) is 6. The van der Waals surface area contributed by atoms with Crippen LogP contribution < -0.4 is 24.6 Å². The van der Waals surface area contributed by atoms with E-state index in [1.165, 1.54) is 0 Å². The molecule has 0 aliphatic rings. The minimum Gasteiger partial charge on any atom is -0.356 e. The third-order valence-corrected chi connectivity index (χ3v) is 0. The van der Waals surface area contributed by atoms with Crippen LogP contribution in [-0.4, -0.2) is 10.2 Å². The zero-order chi connectivity index (χ0) is 7.15. The van der Waals surface area contributed by atoms with E-state index < -0.39 is 10.2 Å². The Kier molecular flexibility index (Phi) is 201. The van der Waals surface area contributed by atoms with Crippen molar-refractivity contribution >= 4 is 0 Å². The molecule has 0 spiro atoms. The third-order valence-electron chi connectivity index (χ3n) is 0. The summed E-state index contributed by atoms with van der Waals surface area (Å²) in [5.41, 5.74) is 0. The first kappa shape index (κ1) is 58.9. The van der Waals surface area contributed by atoms with Gasteiger partial charge in [0.05, 0.1) is 10.2 Å². The van der Waals surface area contributed by atoms with Crippen molar-refractivity contribution in [2.45, 2.75) is 0 Å². The van der Waals surface area contributed by atoms with Crippen LogP contribution in [-0.2, 0) is 20.4 Å². The fraction of sp³-hybridized carbons (Fsp3) is 0. The van der Waals surface area contributed by atoms with E-state index in [9.17, 15) is 0 Å². The van der Waals surface area contributed by atoms with Crippen molar-refractivity contribution in [1.82, 2.24) is 24.6 Å². The van der Waals surface area contributed by atoms with Gasteiger partial charge in [0.15, 0.2) is 0 Å². The maximum atomic E-state index is 8.25. The SMILES string of the molecule is O=[N+]([O-])[O-].O=[N+]([O-])[O-].[N].[N].[N].[N].[Pd+2]. The van der Waals surface area contributed by atoms with Gasteiger partial charge in [-0.3, -0.25) is 0 Å². The van der Waals surface area contributed by atoms with Crippen LogP contribution in [0.3, 0.4) is 0 Å². The van der Waals surface area contributed by atoms with Crippen molar-refractivity contribution in [2.24, 2.45) is 0 Å². The minimum atomic E-state index is -1.75. The molecule has 0 rings (SSSR count). The molecule has 0 heterocycles. The van der Waals surface area contributed by atoms with Crippen molar-refractivity contribution in [2.75, 3.05) is 0 Å². The summed E-state index contributed by atoms with van der Waals surface area (Å²) in [5.74, 6) is 0. The summed E-state index contributed by atoms with van der Waals surface area (Å²) in [6.07, 6.45) is 0. The van der Waals surface area contributed by atoms with Crippen LogP contribution >= 0.6 is 0 Å². The normalized spacial score (nSPS) is 3.69. The van der Waals surface area contributed by atoms with Gasteiger partial charge in [0, 0.05) is 24.6 Å². The molecule has 0 aromatic carbocycles. The molecule has 76 valence electrons. The molecule has 12 radical (unpaired) electrons. The van der Waals surface area contributed by atoms with Crippen LogP contribution in [0.1, 0.15) is 0 Å². The van der Waals surface area contributed by atoms with E-state index in [1.807, 2.05) is 0 Å². The molecular formula is N6O6Pd. The van der Waals surface area contributed by atoms with Crippen molar-refractivity contribution in [1.29, 1.82) is 0 Å². The molecule has 13 heavy (non-hydrogen) atoms. The van der Waals surface area contributed by atoms with Crippen LogP contribution in [0.25, 0.3) is 0 Å². The molecule has 0 N–H and O–H groups in total. The van der Waals surface area contributed by atoms with Gasteiger partial charge < -0.3 is 30.6 Å².